The van der Waals surface area contributed by atoms with Crippen LogP contribution in [0.15, 0.2) is 77.9 Å². The van der Waals surface area contributed by atoms with Crippen LogP contribution in [0.1, 0.15) is 21.5 Å². The number of aromatic nitrogens is 3. The number of nitrogen functional groups attached to an aromatic ring is 1. The van der Waals surface area contributed by atoms with Crippen molar-refractivity contribution in [2.75, 3.05) is 12.8 Å². The van der Waals surface area contributed by atoms with E-state index in [-0.39, 0.29) is 29.3 Å². The molecule has 0 spiro atoms. The number of hydrogen-bond acceptors (Lipinski definition) is 8. The van der Waals surface area contributed by atoms with E-state index in [1.54, 1.807) is 31.4 Å². The topological polar surface area (TPSA) is 151 Å². The number of non-ortho nitro benzene ring substituents is 1. The molecule has 11 nitrogen and oxygen atoms in total. The summed E-state index contributed by atoms with van der Waals surface area (Å²) >= 11 is 0. The Morgan fingerprint density at radius 2 is 1.84 bits per heavy atom. The fourth-order valence-electron chi connectivity index (χ4n) is 3.85. The van der Waals surface area contributed by atoms with E-state index in [1.165, 1.54) is 23.0 Å². The number of nitro groups is 1. The molecule has 0 bridgehead atoms. The first-order chi connectivity index (χ1) is 17.9. The normalized spacial score (nSPS) is 11.3. The fraction of sp³-hybridized carbons (Fsp3) is 0.0769. The number of ether oxygens (including phenoxy) is 1. The van der Waals surface area contributed by atoms with E-state index in [9.17, 15) is 14.9 Å². The van der Waals surface area contributed by atoms with Crippen molar-refractivity contribution >= 4 is 45.8 Å². The molecule has 2 aromatic heterocycles. The van der Waals surface area contributed by atoms with Crippen LogP contribution in [0.3, 0.4) is 0 Å². The molecule has 2 heterocycles. The molecule has 3 N–H and O–H groups in total. The minimum atomic E-state index is -0.486. The number of anilines is 1. The van der Waals surface area contributed by atoms with Gasteiger partial charge < -0.3 is 15.8 Å². The maximum Gasteiger partial charge on any atom is 0.270 e. The van der Waals surface area contributed by atoms with Crippen molar-refractivity contribution in [2.24, 2.45) is 5.10 Å². The summed E-state index contributed by atoms with van der Waals surface area (Å²) < 4.78 is 6.49. The number of nitro benzene ring substituents is 1. The van der Waals surface area contributed by atoms with Crippen molar-refractivity contribution in [3.63, 3.8) is 0 Å². The van der Waals surface area contributed by atoms with Crippen molar-refractivity contribution < 1.29 is 14.5 Å². The summed E-state index contributed by atoms with van der Waals surface area (Å²) in [5.74, 6) is 0.317. The second-order valence-corrected chi connectivity index (χ2v) is 8.08. The molecular formula is C26H21N7O4. The lowest BCUT2D eigenvalue weighted by Gasteiger charge is -2.06. The van der Waals surface area contributed by atoms with Gasteiger partial charge in [0.15, 0.2) is 5.65 Å². The van der Waals surface area contributed by atoms with E-state index in [4.69, 9.17) is 10.5 Å². The summed E-state index contributed by atoms with van der Waals surface area (Å²) in [5, 5.41) is 18.4. The number of nitrogens with one attached hydrogen (secondary N) is 1. The highest BCUT2D eigenvalue weighted by atomic mass is 16.6. The van der Waals surface area contributed by atoms with E-state index < -0.39 is 10.8 Å². The van der Waals surface area contributed by atoms with Gasteiger partial charge in [-0.1, -0.05) is 36.4 Å². The smallest absolute Gasteiger partial charge is 0.270 e. The number of nitrogens with two attached hydrogens (primary N) is 1. The average molecular weight is 495 g/mol. The van der Waals surface area contributed by atoms with E-state index >= 15 is 0 Å². The Labute approximate surface area is 210 Å². The summed E-state index contributed by atoms with van der Waals surface area (Å²) in [6, 6.07) is 20.6. The zero-order valence-electron chi connectivity index (χ0n) is 19.7. The van der Waals surface area contributed by atoms with Crippen LogP contribution in [0.25, 0.3) is 22.2 Å². The van der Waals surface area contributed by atoms with Crippen molar-refractivity contribution in [2.45, 2.75) is 6.54 Å². The molecule has 184 valence electrons. The minimum absolute atomic E-state index is 0.0409. The summed E-state index contributed by atoms with van der Waals surface area (Å²) in [4.78, 5) is 33.2. The van der Waals surface area contributed by atoms with Crippen LogP contribution in [-0.2, 0) is 6.54 Å². The molecule has 0 fully saturated rings. The van der Waals surface area contributed by atoms with E-state index in [2.05, 4.69) is 20.4 Å². The number of para-hydroxylation sites is 2. The Morgan fingerprint density at radius 1 is 1.11 bits per heavy atom. The lowest BCUT2D eigenvalue weighted by molar-refractivity contribution is -0.384. The molecule has 37 heavy (non-hydrogen) atoms. The molecule has 0 aliphatic rings. The van der Waals surface area contributed by atoms with Gasteiger partial charge in [-0.05, 0) is 29.8 Å². The van der Waals surface area contributed by atoms with Crippen LogP contribution < -0.4 is 15.8 Å². The first kappa shape index (κ1) is 23.4. The second kappa shape index (κ2) is 9.74. The minimum Gasteiger partial charge on any atom is -0.497 e. The molecule has 11 heteroatoms. The Bertz CT molecular complexity index is 1680. The SMILES string of the molecule is COc1ccc(CNC(=O)c2c(N)n(/N=C/c3cccc([N+](=O)[O-])c3)c3nc4ccccc4nc23)cc1. The van der Waals surface area contributed by atoms with E-state index in [0.717, 1.165) is 5.56 Å². The first-order valence-electron chi connectivity index (χ1n) is 11.2. The number of fused-ring (bicyclic) bond motifs is 2. The third-order valence-corrected chi connectivity index (χ3v) is 5.72. The van der Waals surface area contributed by atoms with Crippen molar-refractivity contribution in [1.29, 1.82) is 0 Å². The Balaban J connectivity index is 1.55. The molecule has 0 radical (unpaired) electrons. The molecule has 0 atom stereocenters. The van der Waals surface area contributed by atoms with Gasteiger partial charge in [-0.15, -0.1) is 0 Å². The van der Waals surface area contributed by atoms with Crippen LogP contribution in [0.4, 0.5) is 11.5 Å². The maximum absolute atomic E-state index is 13.3. The summed E-state index contributed by atoms with van der Waals surface area (Å²) in [5.41, 5.74) is 9.61. The van der Waals surface area contributed by atoms with Crippen LogP contribution in [-0.4, -0.2) is 38.8 Å². The van der Waals surface area contributed by atoms with Gasteiger partial charge in [-0.25, -0.2) is 9.97 Å². The fourth-order valence-corrected chi connectivity index (χ4v) is 3.85. The molecule has 1 amide bonds. The lowest BCUT2D eigenvalue weighted by atomic mass is 10.2. The predicted octanol–water partition coefficient (Wildman–Crippen LogP) is 3.90. The molecule has 5 aromatic rings. The lowest BCUT2D eigenvalue weighted by Crippen LogP contribution is -2.23. The molecule has 0 saturated heterocycles. The van der Waals surface area contributed by atoms with Crippen molar-refractivity contribution in [3.05, 3.63) is 99.6 Å². The number of carbonyl (C=O) groups is 1. The monoisotopic (exact) mass is 495 g/mol. The molecular weight excluding hydrogens is 474 g/mol. The van der Waals surface area contributed by atoms with Gasteiger partial charge >= 0.3 is 0 Å². The zero-order valence-corrected chi connectivity index (χ0v) is 19.7. The summed E-state index contributed by atoms with van der Waals surface area (Å²) in [7, 11) is 1.58. The van der Waals surface area contributed by atoms with Crippen molar-refractivity contribution in [1.82, 2.24) is 20.0 Å². The maximum atomic E-state index is 13.3. The average Bonchev–Trinajstić information content (AvgIpc) is 3.19. The summed E-state index contributed by atoms with van der Waals surface area (Å²) in [6.07, 6.45) is 1.42. The molecule has 5 rings (SSSR count). The van der Waals surface area contributed by atoms with Gasteiger partial charge in [0.25, 0.3) is 11.6 Å². The zero-order chi connectivity index (χ0) is 25.9. The summed E-state index contributed by atoms with van der Waals surface area (Å²) in [6.45, 7) is 0.257. The number of amides is 1. The number of nitrogens with zero attached hydrogens (tertiary/aromatic N) is 5. The first-order valence-corrected chi connectivity index (χ1v) is 11.2. The van der Waals surface area contributed by atoms with Crippen molar-refractivity contribution in [3.8, 4) is 5.75 Å². The number of hydrogen-bond donors (Lipinski definition) is 2. The van der Waals surface area contributed by atoms with E-state index in [1.807, 2.05) is 36.4 Å². The Morgan fingerprint density at radius 3 is 2.54 bits per heavy atom. The molecule has 0 unspecified atom stereocenters. The highest BCUT2D eigenvalue weighted by Gasteiger charge is 2.24. The Hall–Kier alpha value is -5.32. The van der Waals surface area contributed by atoms with Gasteiger partial charge in [0.05, 0.1) is 29.3 Å². The number of benzene rings is 3. The van der Waals surface area contributed by atoms with Crippen LogP contribution in [0, 0.1) is 10.1 Å². The molecule has 0 aliphatic carbocycles. The van der Waals surface area contributed by atoms with Gasteiger partial charge in [0.1, 0.15) is 22.6 Å². The van der Waals surface area contributed by atoms with Gasteiger partial charge in [0.2, 0.25) is 0 Å². The number of rotatable bonds is 7. The third kappa shape index (κ3) is 4.65. The standard InChI is InChI=1S/C26H21N7O4/c1-37-19-11-9-16(10-12-19)14-28-26(34)22-23-25(31-21-8-3-2-7-20(21)30-23)32(24(22)27)29-15-17-5-4-6-18(13-17)33(35)36/h2-13,15H,14,27H2,1H3,(H,28,34)/b29-15+. The quantitative estimate of drug-likeness (QED) is 0.197. The highest BCUT2D eigenvalue weighted by molar-refractivity contribution is 6.10. The Kier molecular flexibility index (Phi) is 6.17. The highest BCUT2D eigenvalue weighted by Crippen LogP contribution is 2.28. The number of carbonyl (C=O) groups excluding carboxylic acids is 1. The van der Waals surface area contributed by atoms with Crippen LogP contribution in [0.5, 0.6) is 5.75 Å². The van der Waals surface area contributed by atoms with E-state index in [0.29, 0.717) is 27.9 Å². The van der Waals surface area contributed by atoms with Crippen LogP contribution >= 0.6 is 0 Å². The van der Waals surface area contributed by atoms with Gasteiger partial charge in [-0.2, -0.15) is 9.78 Å². The number of methoxy groups -OCH3 is 1. The molecule has 0 saturated carbocycles. The molecule has 3 aromatic carbocycles. The predicted molar refractivity (Wildman–Crippen MR) is 140 cm³/mol. The molecule has 0 aliphatic heterocycles. The van der Waals surface area contributed by atoms with Gasteiger partial charge in [0, 0.05) is 24.2 Å². The van der Waals surface area contributed by atoms with Crippen LogP contribution in [0.2, 0.25) is 0 Å². The second-order valence-electron chi connectivity index (χ2n) is 8.08. The third-order valence-electron chi connectivity index (χ3n) is 5.72. The largest absolute Gasteiger partial charge is 0.497 e. The van der Waals surface area contributed by atoms with Gasteiger partial charge in [-0.3, -0.25) is 14.9 Å².